The quantitative estimate of drug-likeness (QED) is 0.403. The molecule has 5 nitrogen and oxygen atoms in total. The molecule has 3 aromatic carbocycles. The van der Waals surface area contributed by atoms with E-state index in [0.29, 0.717) is 21.6 Å². The number of halogens is 1. The predicted molar refractivity (Wildman–Crippen MR) is 120 cm³/mol. The summed E-state index contributed by atoms with van der Waals surface area (Å²) in [5.74, 6) is -0.0748. The van der Waals surface area contributed by atoms with Gasteiger partial charge in [-0.2, -0.15) is 0 Å². The van der Waals surface area contributed by atoms with Gasteiger partial charge >= 0.3 is 5.97 Å². The molecule has 148 valence electrons. The Morgan fingerprint density at radius 2 is 1.67 bits per heavy atom. The molecule has 6 heteroatoms. The van der Waals surface area contributed by atoms with Crippen LogP contribution in [0, 0.1) is 0 Å². The number of nitrogens with zero attached hydrogens (tertiary/aromatic N) is 2. The summed E-state index contributed by atoms with van der Waals surface area (Å²) >= 11 is 3.39. The van der Waals surface area contributed by atoms with E-state index in [2.05, 4.69) is 20.9 Å². The molecule has 0 saturated heterocycles. The van der Waals surface area contributed by atoms with Gasteiger partial charge in [0.2, 0.25) is 0 Å². The Bertz CT molecular complexity index is 1170. The molecule has 1 amide bonds. The molecule has 0 fully saturated rings. The van der Waals surface area contributed by atoms with Crippen molar-refractivity contribution in [2.24, 2.45) is 4.99 Å². The van der Waals surface area contributed by atoms with Gasteiger partial charge in [0.1, 0.15) is 11.5 Å². The van der Waals surface area contributed by atoms with E-state index in [0.717, 1.165) is 16.8 Å². The van der Waals surface area contributed by atoms with Crippen molar-refractivity contribution in [1.82, 2.24) is 0 Å². The van der Waals surface area contributed by atoms with Crippen molar-refractivity contribution in [3.63, 3.8) is 0 Å². The van der Waals surface area contributed by atoms with Gasteiger partial charge in [0.15, 0.2) is 0 Å². The van der Waals surface area contributed by atoms with Crippen LogP contribution in [-0.4, -0.2) is 24.8 Å². The fraction of sp³-hybridized carbons (Fsp3) is 0.0417. The van der Waals surface area contributed by atoms with Gasteiger partial charge in [-0.05, 0) is 51.8 Å². The number of amides is 1. The third kappa shape index (κ3) is 3.82. The second-order valence-electron chi connectivity index (χ2n) is 6.54. The van der Waals surface area contributed by atoms with Crippen molar-refractivity contribution in [3.8, 4) is 0 Å². The number of ether oxygens (including phenoxy) is 1. The number of methoxy groups -OCH3 is 1. The van der Waals surface area contributed by atoms with Crippen molar-refractivity contribution in [3.05, 3.63) is 106 Å². The van der Waals surface area contributed by atoms with Gasteiger partial charge in [0.05, 0.1) is 18.4 Å². The summed E-state index contributed by atoms with van der Waals surface area (Å²) in [7, 11) is 1.33. The summed E-state index contributed by atoms with van der Waals surface area (Å²) in [6.45, 7) is 0. The molecule has 0 atom stereocenters. The molecule has 1 aliphatic rings. The molecule has 1 heterocycles. The number of hydrogen-bond donors (Lipinski definition) is 0. The highest BCUT2D eigenvalue weighted by molar-refractivity contribution is 9.10. The third-order valence-electron chi connectivity index (χ3n) is 4.61. The number of rotatable bonds is 4. The molecule has 0 bridgehead atoms. The molecule has 0 saturated carbocycles. The molecule has 0 unspecified atom stereocenters. The Morgan fingerprint density at radius 1 is 1.00 bits per heavy atom. The smallest absolute Gasteiger partial charge is 0.339 e. The standard InChI is InChI=1S/C24H17BrN2O3/c1-30-24(29)19-13-12-16(14-20(19)25)15-21-23(28)27(18-10-6-3-7-11-18)22(26-21)17-8-4-2-5-9-17/h2-15H,1H3/b21-15+. The molecule has 0 spiro atoms. The number of aliphatic imine (C=N–C) groups is 1. The average Bonchev–Trinajstić information content (AvgIpc) is 3.10. The van der Waals surface area contributed by atoms with Crippen LogP contribution in [0.1, 0.15) is 21.5 Å². The molecular weight excluding hydrogens is 444 g/mol. The number of carbonyl (C=O) groups excluding carboxylic acids is 2. The maximum absolute atomic E-state index is 13.3. The average molecular weight is 461 g/mol. The fourth-order valence-corrected chi connectivity index (χ4v) is 3.73. The molecule has 30 heavy (non-hydrogen) atoms. The Labute approximate surface area is 182 Å². The van der Waals surface area contributed by atoms with Crippen LogP contribution in [0.5, 0.6) is 0 Å². The first-order chi connectivity index (χ1) is 14.6. The number of carbonyl (C=O) groups is 2. The third-order valence-corrected chi connectivity index (χ3v) is 5.26. The molecule has 4 rings (SSSR count). The number of anilines is 1. The van der Waals surface area contributed by atoms with Crippen LogP contribution in [0.2, 0.25) is 0 Å². The first kappa shape index (κ1) is 19.8. The lowest BCUT2D eigenvalue weighted by atomic mass is 10.1. The van der Waals surface area contributed by atoms with E-state index in [-0.39, 0.29) is 5.91 Å². The zero-order chi connectivity index (χ0) is 21.1. The largest absolute Gasteiger partial charge is 0.465 e. The van der Waals surface area contributed by atoms with Gasteiger partial charge < -0.3 is 4.74 Å². The van der Waals surface area contributed by atoms with E-state index in [1.54, 1.807) is 29.2 Å². The topological polar surface area (TPSA) is 59.0 Å². The van der Waals surface area contributed by atoms with Crippen LogP contribution in [-0.2, 0) is 9.53 Å². The summed E-state index contributed by atoms with van der Waals surface area (Å²) in [4.78, 5) is 31.3. The number of para-hydroxylation sites is 1. The molecule has 1 aliphatic heterocycles. The van der Waals surface area contributed by atoms with E-state index in [1.807, 2.05) is 60.7 Å². The van der Waals surface area contributed by atoms with E-state index < -0.39 is 5.97 Å². The zero-order valence-electron chi connectivity index (χ0n) is 16.1. The summed E-state index contributed by atoms with van der Waals surface area (Å²) < 4.78 is 5.35. The van der Waals surface area contributed by atoms with Crippen LogP contribution in [0.25, 0.3) is 6.08 Å². The Balaban J connectivity index is 1.77. The molecular formula is C24H17BrN2O3. The summed E-state index contributed by atoms with van der Waals surface area (Å²) in [5, 5.41) is 0. The van der Waals surface area contributed by atoms with Crippen molar-refractivity contribution < 1.29 is 14.3 Å². The highest BCUT2D eigenvalue weighted by atomic mass is 79.9. The maximum Gasteiger partial charge on any atom is 0.339 e. The van der Waals surface area contributed by atoms with Gasteiger partial charge in [-0.15, -0.1) is 0 Å². The van der Waals surface area contributed by atoms with Crippen LogP contribution >= 0.6 is 15.9 Å². The maximum atomic E-state index is 13.3. The van der Waals surface area contributed by atoms with Crippen LogP contribution < -0.4 is 4.90 Å². The molecule has 0 radical (unpaired) electrons. The highest BCUT2D eigenvalue weighted by Gasteiger charge is 2.32. The van der Waals surface area contributed by atoms with Crippen LogP contribution in [0.4, 0.5) is 5.69 Å². The van der Waals surface area contributed by atoms with Crippen LogP contribution in [0.3, 0.4) is 0 Å². The molecule has 0 aromatic heterocycles. The van der Waals surface area contributed by atoms with Gasteiger partial charge in [-0.1, -0.05) is 54.6 Å². The van der Waals surface area contributed by atoms with E-state index >= 15 is 0 Å². The van der Waals surface area contributed by atoms with E-state index in [9.17, 15) is 9.59 Å². The number of esters is 1. The zero-order valence-corrected chi connectivity index (χ0v) is 17.7. The van der Waals surface area contributed by atoms with Gasteiger partial charge in [0.25, 0.3) is 5.91 Å². The Morgan fingerprint density at radius 3 is 2.30 bits per heavy atom. The lowest BCUT2D eigenvalue weighted by Crippen LogP contribution is -2.32. The number of benzene rings is 3. The molecule has 0 N–H and O–H groups in total. The minimum atomic E-state index is -0.433. The molecule has 3 aromatic rings. The first-order valence-electron chi connectivity index (χ1n) is 9.21. The monoisotopic (exact) mass is 460 g/mol. The molecule has 0 aliphatic carbocycles. The summed E-state index contributed by atoms with van der Waals surface area (Å²) in [6, 6.07) is 24.2. The summed E-state index contributed by atoms with van der Waals surface area (Å²) in [6.07, 6.45) is 1.71. The van der Waals surface area contributed by atoms with Gasteiger partial charge in [0, 0.05) is 10.0 Å². The van der Waals surface area contributed by atoms with Crippen molar-refractivity contribution in [2.75, 3.05) is 12.0 Å². The number of hydrogen-bond acceptors (Lipinski definition) is 4. The SMILES string of the molecule is COC(=O)c1ccc(/C=C2/N=C(c3ccccc3)N(c3ccccc3)C2=O)cc1Br. The fourth-order valence-electron chi connectivity index (χ4n) is 3.17. The lowest BCUT2D eigenvalue weighted by Gasteiger charge is -2.18. The van der Waals surface area contributed by atoms with E-state index in [4.69, 9.17) is 4.74 Å². The minimum absolute atomic E-state index is 0.215. The second-order valence-corrected chi connectivity index (χ2v) is 7.39. The van der Waals surface area contributed by atoms with Crippen LogP contribution in [0.15, 0.2) is 94.0 Å². The predicted octanol–water partition coefficient (Wildman–Crippen LogP) is 5.07. The van der Waals surface area contributed by atoms with Crippen molar-refractivity contribution >= 4 is 45.4 Å². The first-order valence-corrected chi connectivity index (χ1v) is 10.0. The Kier molecular flexibility index (Phi) is 5.59. The van der Waals surface area contributed by atoms with Crippen molar-refractivity contribution in [2.45, 2.75) is 0 Å². The normalized spacial score (nSPS) is 14.7. The lowest BCUT2D eigenvalue weighted by molar-refractivity contribution is -0.113. The highest BCUT2D eigenvalue weighted by Crippen LogP contribution is 2.28. The van der Waals surface area contributed by atoms with Gasteiger partial charge in [-0.3, -0.25) is 9.69 Å². The van der Waals surface area contributed by atoms with Gasteiger partial charge in [-0.25, -0.2) is 9.79 Å². The second kappa shape index (κ2) is 8.47. The summed E-state index contributed by atoms with van der Waals surface area (Å²) in [5.41, 5.74) is 3.06. The van der Waals surface area contributed by atoms with E-state index in [1.165, 1.54) is 7.11 Å². The number of amidine groups is 1. The Hall–Kier alpha value is -3.51. The van der Waals surface area contributed by atoms with Crippen molar-refractivity contribution in [1.29, 1.82) is 0 Å². The minimum Gasteiger partial charge on any atom is -0.465 e.